The monoisotopic (exact) mass is 205 g/mol. The molecule has 2 rings (SSSR count). The molecule has 1 aromatic carbocycles. The van der Waals surface area contributed by atoms with Crippen molar-refractivity contribution in [1.82, 2.24) is 9.97 Å². The lowest BCUT2D eigenvalue weighted by Crippen LogP contribution is -2.29. The summed E-state index contributed by atoms with van der Waals surface area (Å²) < 4.78 is 0. The number of anilines is 1. The lowest BCUT2D eigenvalue weighted by molar-refractivity contribution is 0.0945. The molecule has 0 aliphatic heterocycles. The Kier molecular flexibility index (Phi) is 2.36. The molecule has 0 amide bonds. The first-order valence-electron chi connectivity index (χ1n) is 4.95. The molecule has 3 N–H and O–H groups in total. The molecule has 0 spiro atoms. The molecule has 1 aromatic heterocycles. The number of H-pyrrole nitrogens is 1. The maximum absolute atomic E-state index is 9.61. The van der Waals surface area contributed by atoms with E-state index >= 15 is 0 Å². The highest BCUT2D eigenvalue weighted by atomic mass is 16.3. The smallest absolute Gasteiger partial charge is 0.111 e. The highest BCUT2D eigenvalue weighted by Gasteiger charge is 2.12. The Morgan fingerprint density at radius 2 is 2.27 bits per heavy atom. The minimum Gasteiger partial charge on any atom is -0.389 e. The van der Waals surface area contributed by atoms with Crippen molar-refractivity contribution < 1.29 is 5.11 Å². The van der Waals surface area contributed by atoms with Crippen LogP contribution in [0, 0.1) is 0 Å². The fourth-order valence-electron chi connectivity index (χ4n) is 1.42. The van der Waals surface area contributed by atoms with Gasteiger partial charge in [-0.05, 0) is 26.0 Å². The maximum Gasteiger partial charge on any atom is 0.111 e. The third-order valence-electron chi connectivity index (χ3n) is 2.16. The second-order valence-electron chi connectivity index (χ2n) is 4.27. The lowest BCUT2D eigenvalue weighted by Gasteiger charge is -2.18. The van der Waals surface area contributed by atoms with E-state index in [4.69, 9.17) is 0 Å². The SMILES string of the molecule is CC(C)(O)CNc1cccc2[nH]cnc12. The first-order valence-corrected chi connectivity index (χ1v) is 4.95. The minimum absolute atomic E-state index is 0.499. The first-order chi connectivity index (χ1) is 7.06. The van der Waals surface area contributed by atoms with E-state index in [0.29, 0.717) is 6.54 Å². The van der Waals surface area contributed by atoms with E-state index in [1.54, 1.807) is 20.2 Å². The van der Waals surface area contributed by atoms with Crippen molar-refractivity contribution in [2.24, 2.45) is 0 Å². The number of nitrogens with one attached hydrogen (secondary N) is 2. The predicted molar refractivity (Wildman–Crippen MR) is 60.9 cm³/mol. The zero-order valence-electron chi connectivity index (χ0n) is 8.91. The summed E-state index contributed by atoms with van der Waals surface area (Å²) in [6, 6.07) is 5.87. The van der Waals surface area contributed by atoms with Crippen molar-refractivity contribution in [3.05, 3.63) is 24.5 Å². The molecular weight excluding hydrogens is 190 g/mol. The molecule has 0 fully saturated rings. The quantitative estimate of drug-likeness (QED) is 0.715. The molecule has 15 heavy (non-hydrogen) atoms. The van der Waals surface area contributed by atoms with E-state index in [1.165, 1.54) is 0 Å². The van der Waals surface area contributed by atoms with Gasteiger partial charge < -0.3 is 15.4 Å². The van der Waals surface area contributed by atoms with Crippen LogP contribution in [0.15, 0.2) is 24.5 Å². The number of aromatic amines is 1. The summed E-state index contributed by atoms with van der Waals surface area (Å²) in [6.45, 7) is 4.04. The highest BCUT2D eigenvalue weighted by molar-refractivity contribution is 5.87. The highest BCUT2D eigenvalue weighted by Crippen LogP contribution is 2.20. The van der Waals surface area contributed by atoms with Gasteiger partial charge in [0.1, 0.15) is 5.52 Å². The standard InChI is InChI=1S/C11H15N3O/c1-11(2,15)6-12-8-4-3-5-9-10(8)14-7-13-9/h3-5,7,12,15H,6H2,1-2H3,(H,13,14). The molecule has 0 aliphatic carbocycles. The van der Waals surface area contributed by atoms with E-state index in [2.05, 4.69) is 15.3 Å². The molecule has 4 nitrogen and oxygen atoms in total. The van der Waals surface area contributed by atoms with Crippen molar-refractivity contribution >= 4 is 16.7 Å². The van der Waals surface area contributed by atoms with Crippen LogP contribution in [-0.2, 0) is 0 Å². The number of para-hydroxylation sites is 1. The van der Waals surface area contributed by atoms with Gasteiger partial charge in [0, 0.05) is 6.54 Å². The van der Waals surface area contributed by atoms with Gasteiger partial charge in [-0.2, -0.15) is 0 Å². The average molecular weight is 205 g/mol. The van der Waals surface area contributed by atoms with Gasteiger partial charge in [-0.15, -0.1) is 0 Å². The molecule has 0 saturated carbocycles. The van der Waals surface area contributed by atoms with Crippen molar-refractivity contribution in [1.29, 1.82) is 0 Å². The van der Waals surface area contributed by atoms with Gasteiger partial charge in [-0.3, -0.25) is 0 Å². The largest absolute Gasteiger partial charge is 0.389 e. The summed E-state index contributed by atoms with van der Waals surface area (Å²) in [5.41, 5.74) is 2.12. The fraction of sp³-hybridized carbons (Fsp3) is 0.364. The maximum atomic E-state index is 9.61. The van der Waals surface area contributed by atoms with E-state index in [9.17, 15) is 5.11 Å². The van der Waals surface area contributed by atoms with Crippen LogP contribution in [0.5, 0.6) is 0 Å². The number of aliphatic hydroxyl groups is 1. The second kappa shape index (κ2) is 3.55. The molecule has 0 unspecified atom stereocenters. The van der Waals surface area contributed by atoms with Crippen LogP contribution < -0.4 is 5.32 Å². The van der Waals surface area contributed by atoms with E-state index in [0.717, 1.165) is 16.7 Å². The fourth-order valence-corrected chi connectivity index (χ4v) is 1.42. The molecule has 80 valence electrons. The Morgan fingerprint density at radius 1 is 1.47 bits per heavy atom. The summed E-state index contributed by atoms with van der Waals surface area (Å²) in [6.07, 6.45) is 1.67. The first kappa shape index (κ1) is 9.98. The van der Waals surface area contributed by atoms with Crippen LogP contribution in [0.1, 0.15) is 13.8 Å². The normalized spacial score (nSPS) is 11.9. The Bertz CT molecular complexity index is 456. The molecule has 2 aromatic rings. The van der Waals surface area contributed by atoms with Gasteiger partial charge in [0.15, 0.2) is 0 Å². The van der Waals surface area contributed by atoms with Crippen LogP contribution >= 0.6 is 0 Å². The van der Waals surface area contributed by atoms with Gasteiger partial charge in [0.25, 0.3) is 0 Å². The number of rotatable bonds is 3. The number of nitrogens with zero attached hydrogens (tertiary/aromatic N) is 1. The summed E-state index contributed by atoms with van der Waals surface area (Å²) in [5, 5.41) is 12.8. The predicted octanol–water partition coefficient (Wildman–Crippen LogP) is 1.75. The second-order valence-corrected chi connectivity index (χ2v) is 4.27. The molecule has 0 aliphatic rings. The Labute approximate surface area is 88.3 Å². The number of imidazole rings is 1. The Morgan fingerprint density at radius 3 is 3.00 bits per heavy atom. The van der Waals surface area contributed by atoms with Crippen molar-refractivity contribution in [2.45, 2.75) is 19.4 Å². The molecule has 1 heterocycles. The van der Waals surface area contributed by atoms with Crippen molar-refractivity contribution in [3.8, 4) is 0 Å². The van der Waals surface area contributed by atoms with Gasteiger partial charge >= 0.3 is 0 Å². The van der Waals surface area contributed by atoms with Gasteiger partial charge in [0.2, 0.25) is 0 Å². The molecular formula is C11H15N3O. The van der Waals surface area contributed by atoms with Crippen LogP contribution in [0.2, 0.25) is 0 Å². The zero-order chi connectivity index (χ0) is 10.9. The van der Waals surface area contributed by atoms with Crippen LogP contribution in [0.25, 0.3) is 11.0 Å². The third kappa shape index (κ3) is 2.27. The summed E-state index contributed by atoms with van der Waals surface area (Å²) >= 11 is 0. The lowest BCUT2D eigenvalue weighted by atomic mass is 10.1. The number of hydrogen-bond donors (Lipinski definition) is 3. The molecule has 0 atom stereocenters. The number of benzene rings is 1. The third-order valence-corrected chi connectivity index (χ3v) is 2.16. The van der Waals surface area contributed by atoms with E-state index in [1.807, 2.05) is 18.2 Å². The number of fused-ring (bicyclic) bond motifs is 1. The molecule has 4 heteroatoms. The molecule has 0 saturated heterocycles. The molecule has 0 bridgehead atoms. The van der Waals surface area contributed by atoms with E-state index < -0.39 is 5.60 Å². The van der Waals surface area contributed by atoms with Crippen LogP contribution in [-0.4, -0.2) is 27.2 Å². The van der Waals surface area contributed by atoms with Crippen LogP contribution in [0.3, 0.4) is 0 Å². The average Bonchev–Trinajstić information content (AvgIpc) is 2.61. The zero-order valence-corrected chi connectivity index (χ0v) is 8.91. The Balaban J connectivity index is 2.24. The van der Waals surface area contributed by atoms with Crippen molar-refractivity contribution in [2.75, 3.05) is 11.9 Å². The molecule has 0 radical (unpaired) electrons. The van der Waals surface area contributed by atoms with E-state index in [-0.39, 0.29) is 0 Å². The number of aromatic nitrogens is 2. The van der Waals surface area contributed by atoms with Crippen molar-refractivity contribution in [3.63, 3.8) is 0 Å². The van der Waals surface area contributed by atoms with Crippen LogP contribution in [0.4, 0.5) is 5.69 Å². The van der Waals surface area contributed by atoms with Gasteiger partial charge in [-0.1, -0.05) is 6.07 Å². The van der Waals surface area contributed by atoms with Gasteiger partial charge in [-0.25, -0.2) is 4.98 Å². The summed E-state index contributed by atoms with van der Waals surface area (Å²) in [5.74, 6) is 0. The Hall–Kier alpha value is -1.55. The van der Waals surface area contributed by atoms with Gasteiger partial charge in [0.05, 0.1) is 23.1 Å². The summed E-state index contributed by atoms with van der Waals surface area (Å²) in [4.78, 5) is 7.26. The topological polar surface area (TPSA) is 60.9 Å². The summed E-state index contributed by atoms with van der Waals surface area (Å²) in [7, 11) is 0. The minimum atomic E-state index is -0.724. The number of hydrogen-bond acceptors (Lipinski definition) is 3.